The molecule has 0 spiro atoms. The van der Waals surface area contributed by atoms with E-state index in [0.717, 1.165) is 5.56 Å². The van der Waals surface area contributed by atoms with E-state index < -0.39 is 18.5 Å². The molecule has 0 bridgehead atoms. The minimum absolute atomic E-state index is 0.266. The molecular weight excluding hydrogens is 318 g/mol. The zero-order chi connectivity index (χ0) is 16.8. The zero-order valence-corrected chi connectivity index (χ0v) is 13.1. The van der Waals surface area contributed by atoms with Gasteiger partial charge in [0, 0.05) is 16.3 Å². The first kappa shape index (κ1) is 16.7. The fourth-order valence-electron chi connectivity index (χ4n) is 1.83. The Morgan fingerprint density at radius 3 is 2.52 bits per heavy atom. The van der Waals surface area contributed by atoms with E-state index in [-0.39, 0.29) is 5.56 Å². The van der Waals surface area contributed by atoms with Crippen LogP contribution in [0, 0.1) is 6.92 Å². The number of ether oxygens (including phenoxy) is 1. The van der Waals surface area contributed by atoms with Gasteiger partial charge in [-0.1, -0.05) is 29.8 Å². The van der Waals surface area contributed by atoms with Crippen molar-refractivity contribution in [2.24, 2.45) is 0 Å². The van der Waals surface area contributed by atoms with Gasteiger partial charge in [-0.25, -0.2) is 4.79 Å². The number of aryl methyl sites for hydroxylation is 1. The highest BCUT2D eigenvalue weighted by atomic mass is 35.5. The van der Waals surface area contributed by atoms with Crippen LogP contribution in [0.5, 0.6) is 0 Å². The fourth-order valence-corrected chi connectivity index (χ4v) is 2.00. The van der Waals surface area contributed by atoms with Crippen LogP contribution >= 0.6 is 11.6 Å². The molecule has 0 aliphatic carbocycles. The zero-order valence-electron chi connectivity index (χ0n) is 12.3. The van der Waals surface area contributed by atoms with Gasteiger partial charge in [-0.3, -0.25) is 9.59 Å². The Morgan fingerprint density at radius 1 is 1.17 bits per heavy atom. The van der Waals surface area contributed by atoms with E-state index >= 15 is 0 Å². The molecule has 2 aromatic carbocycles. The molecule has 0 atom stereocenters. The summed E-state index contributed by atoms with van der Waals surface area (Å²) in [6.45, 7) is 1.41. The maximum atomic E-state index is 11.8. The van der Waals surface area contributed by atoms with Crippen LogP contribution in [0.4, 0.5) is 5.69 Å². The van der Waals surface area contributed by atoms with Crippen molar-refractivity contribution in [2.75, 3.05) is 11.9 Å². The van der Waals surface area contributed by atoms with E-state index in [2.05, 4.69) is 5.32 Å². The molecule has 1 amide bonds. The van der Waals surface area contributed by atoms with Crippen LogP contribution in [0.2, 0.25) is 5.02 Å². The molecular formula is C17H14ClNO4. The summed E-state index contributed by atoms with van der Waals surface area (Å²) >= 11 is 5.87. The molecule has 118 valence electrons. The summed E-state index contributed by atoms with van der Waals surface area (Å²) in [5.41, 5.74) is 2.13. The first-order valence-corrected chi connectivity index (χ1v) is 7.16. The standard InChI is InChI=1S/C17H14ClNO4/c1-11-2-7-14(18)8-15(11)19-16(21)10-23-17(22)13-5-3-12(9-20)4-6-13/h2-9H,10H2,1H3,(H,19,21). The number of amides is 1. The third-order valence-corrected chi connectivity index (χ3v) is 3.33. The normalized spacial score (nSPS) is 10.0. The first-order valence-electron chi connectivity index (χ1n) is 6.78. The second kappa shape index (κ2) is 7.56. The number of rotatable bonds is 5. The number of aldehydes is 1. The van der Waals surface area contributed by atoms with Crippen molar-refractivity contribution in [1.29, 1.82) is 0 Å². The van der Waals surface area contributed by atoms with Crippen molar-refractivity contribution < 1.29 is 19.1 Å². The molecule has 2 aromatic rings. The lowest BCUT2D eigenvalue weighted by Gasteiger charge is -2.09. The van der Waals surface area contributed by atoms with E-state index in [0.29, 0.717) is 22.6 Å². The average molecular weight is 332 g/mol. The first-order chi connectivity index (χ1) is 11.0. The van der Waals surface area contributed by atoms with Gasteiger partial charge in [-0.05, 0) is 36.8 Å². The summed E-state index contributed by atoms with van der Waals surface area (Å²) in [7, 11) is 0. The summed E-state index contributed by atoms with van der Waals surface area (Å²) in [5, 5.41) is 3.13. The Labute approximate surface area is 138 Å². The number of hydrogen-bond donors (Lipinski definition) is 1. The van der Waals surface area contributed by atoms with Gasteiger partial charge in [-0.15, -0.1) is 0 Å². The Hall–Kier alpha value is -2.66. The van der Waals surface area contributed by atoms with Crippen molar-refractivity contribution in [3.63, 3.8) is 0 Å². The number of benzene rings is 2. The second-order valence-electron chi connectivity index (χ2n) is 4.82. The van der Waals surface area contributed by atoms with E-state index in [1.54, 1.807) is 18.2 Å². The van der Waals surface area contributed by atoms with E-state index in [9.17, 15) is 14.4 Å². The summed E-state index contributed by atoms with van der Waals surface area (Å²) < 4.78 is 4.93. The minimum Gasteiger partial charge on any atom is -0.452 e. The number of halogens is 1. The molecule has 0 heterocycles. The molecule has 2 rings (SSSR count). The molecule has 0 saturated carbocycles. The summed E-state index contributed by atoms with van der Waals surface area (Å²) in [4.78, 5) is 34.2. The van der Waals surface area contributed by atoms with Gasteiger partial charge in [0.2, 0.25) is 0 Å². The Kier molecular flexibility index (Phi) is 5.49. The molecule has 0 saturated heterocycles. The Morgan fingerprint density at radius 2 is 1.87 bits per heavy atom. The van der Waals surface area contributed by atoms with Crippen molar-refractivity contribution in [1.82, 2.24) is 0 Å². The number of anilines is 1. The highest BCUT2D eigenvalue weighted by Crippen LogP contribution is 2.20. The number of nitrogens with one attached hydrogen (secondary N) is 1. The maximum Gasteiger partial charge on any atom is 0.338 e. The molecule has 23 heavy (non-hydrogen) atoms. The van der Waals surface area contributed by atoms with Crippen LogP contribution in [-0.4, -0.2) is 24.8 Å². The van der Waals surface area contributed by atoms with Gasteiger partial charge in [0.1, 0.15) is 6.29 Å². The second-order valence-corrected chi connectivity index (χ2v) is 5.26. The summed E-state index contributed by atoms with van der Waals surface area (Å²) in [5.74, 6) is -1.10. The molecule has 0 fully saturated rings. The lowest BCUT2D eigenvalue weighted by molar-refractivity contribution is -0.119. The van der Waals surface area contributed by atoms with Crippen LogP contribution in [0.3, 0.4) is 0 Å². The van der Waals surface area contributed by atoms with E-state index in [1.165, 1.54) is 24.3 Å². The molecule has 0 aromatic heterocycles. The van der Waals surface area contributed by atoms with Gasteiger partial charge in [0.25, 0.3) is 5.91 Å². The number of esters is 1. The number of carbonyl (C=O) groups is 3. The molecule has 0 aliphatic heterocycles. The third kappa shape index (κ3) is 4.66. The third-order valence-electron chi connectivity index (χ3n) is 3.09. The fraction of sp³-hybridized carbons (Fsp3) is 0.118. The van der Waals surface area contributed by atoms with E-state index in [4.69, 9.17) is 16.3 Å². The maximum absolute atomic E-state index is 11.8. The number of carbonyl (C=O) groups excluding carboxylic acids is 3. The van der Waals surface area contributed by atoms with Gasteiger partial charge < -0.3 is 10.1 Å². The van der Waals surface area contributed by atoms with Gasteiger partial charge in [-0.2, -0.15) is 0 Å². The van der Waals surface area contributed by atoms with Crippen LogP contribution in [0.15, 0.2) is 42.5 Å². The molecule has 1 N–H and O–H groups in total. The predicted molar refractivity (Wildman–Crippen MR) is 86.9 cm³/mol. The van der Waals surface area contributed by atoms with Crippen LogP contribution in [-0.2, 0) is 9.53 Å². The molecule has 0 aliphatic rings. The van der Waals surface area contributed by atoms with Crippen molar-refractivity contribution >= 4 is 35.5 Å². The van der Waals surface area contributed by atoms with Crippen LogP contribution in [0.1, 0.15) is 26.3 Å². The highest BCUT2D eigenvalue weighted by Gasteiger charge is 2.11. The Balaban J connectivity index is 1.91. The summed E-state index contributed by atoms with van der Waals surface area (Å²) in [6.07, 6.45) is 0.676. The molecule has 0 radical (unpaired) electrons. The average Bonchev–Trinajstić information content (AvgIpc) is 2.56. The monoisotopic (exact) mass is 331 g/mol. The smallest absolute Gasteiger partial charge is 0.338 e. The van der Waals surface area contributed by atoms with E-state index in [1.807, 2.05) is 6.92 Å². The minimum atomic E-state index is -0.639. The van der Waals surface area contributed by atoms with Crippen LogP contribution in [0.25, 0.3) is 0 Å². The molecule has 0 unspecified atom stereocenters. The largest absolute Gasteiger partial charge is 0.452 e. The van der Waals surface area contributed by atoms with Crippen molar-refractivity contribution in [2.45, 2.75) is 6.92 Å². The van der Waals surface area contributed by atoms with Crippen LogP contribution < -0.4 is 5.32 Å². The number of hydrogen-bond acceptors (Lipinski definition) is 4. The Bertz CT molecular complexity index is 741. The van der Waals surface area contributed by atoms with Gasteiger partial charge >= 0.3 is 5.97 Å². The van der Waals surface area contributed by atoms with Gasteiger partial charge in [0.05, 0.1) is 5.56 Å². The van der Waals surface area contributed by atoms with Gasteiger partial charge in [0.15, 0.2) is 6.61 Å². The SMILES string of the molecule is Cc1ccc(Cl)cc1NC(=O)COC(=O)c1ccc(C=O)cc1. The molecule has 6 heteroatoms. The predicted octanol–water partition coefficient (Wildman–Crippen LogP) is 3.26. The van der Waals surface area contributed by atoms with Crippen molar-refractivity contribution in [3.8, 4) is 0 Å². The molecule has 5 nitrogen and oxygen atoms in total. The highest BCUT2D eigenvalue weighted by molar-refractivity contribution is 6.31. The summed E-state index contributed by atoms with van der Waals surface area (Å²) in [6, 6.07) is 11.0. The lowest BCUT2D eigenvalue weighted by Crippen LogP contribution is -2.21. The lowest BCUT2D eigenvalue weighted by atomic mass is 10.1. The topological polar surface area (TPSA) is 72.5 Å². The van der Waals surface area contributed by atoms with Crippen molar-refractivity contribution in [3.05, 3.63) is 64.2 Å². The quantitative estimate of drug-likeness (QED) is 0.674.